The normalized spacial score (nSPS) is 29.6. The first-order valence-electron chi connectivity index (χ1n) is 11.2. The van der Waals surface area contributed by atoms with E-state index in [2.05, 4.69) is 5.32 Å². The summed E-state index contributed by atoms with van der Waals surface area (Å²) in [5, 5.41) is 12.3. The Hall–Kier alpha value is -2.82. The summed E-state index contributed by atoms with van der Waals surface area (Å²) in [6.07, 6.45) is -4.87. The van der Waals surface area contributed by atoms with Crippen molar-refractivity contribution < 1.29 is 38.4 Å². The van der Waals surface area contributed by atoms with Crippen LogP contribution in [-0.2, 0) is 39.9 Å². The predicted octanol–water partition coefficient (Wildman–Crippen LogP) is 2.41. The van der Waals surface area contributed by atoms with E-state index in [1.807, 2.05) is 60.7 Å². The fourth-order valence-corrected chi connectivity index (χ4v) is 4.09. The minimum Gasteiger partial charge on any atom is -0.479 e. The second-order valence-electron chi connectivity index (χ2n) is 8.32. The number of carbonyl (C=O) groups excluding carboxylic acids is 1. The van der Waals surface area contributed by atoms with E-state index in [-0.39, 0.29) is 19.1 Å². The molecular weight excluding hydrogens is 442 g/mol. The third kappa shape index (κ3) is 5.81. The lowest BCUT2D eigenvalue weighted by Gasteiger charge is -2.49. The number of hydrogen-bond donors (Lipinski definition) is 2. The molecule has 0 bridgehead atoms. The number of fused-ring (bicyclic) bond motifs is 1. The van der Waals surface area contributed by atoms with E-state index < -0.39 is 49.0 Å². The summed E-state index contributed by atoms with van der Waals surface area (Å²) in [5.41, 5.74) is 1.73. The van der Waals surface area contributed by atoms with E-state index in [4.69, 9.17) is 23.7 Å². The Morgan fingerprint density at radius 1 is 1.09 bits per heavy atom. The van der Waals surface area contributed by atoms with E-state index in [9.17, 15) is 14.7 Å². The smallest absolute Gasteiger partial charge is 0.332 e. The average molecular weight is 472 g/mol. The van der Waals surface area contributed by atoms with Gasteiger partial charge in [0, 0.05) is 12.5 Å². The highest BCUT2D eigenvalue weighted by Crippen LogP contribution is 2.36. The number of benzene rings is 2. The highest BCUT2D eigenvalue weighted by atomic mass is 16.8. The van der Waals surface area contributed by atoms with Crippen molar-refractivity contribution in [2.45, 2.75) is 63.5 Å². The van der Waals surface area contributed by atoms with Gasteiger partial charge in [0.2, 0.25) is 5.91 Å². The van der Waals surface area contributed by atoms with Crippen molar-refractivity contribution in [3.05, 3.63) is 71.8 Å². The number of nitrogens with one attached hydrogen (secondary N) is 1. The Kier molecular flexibility index (Phi) is 7.91. The molecule has 0 aromatic heterocycles. The average Bonchev–Trinajstić information content (AvgIpc) is 2.84. The van der Waals surface area contributed by atoms with Crippen molar-refractivity contribution in [3.63, 3.8) is 0 Å². The first-order chi connectivity index (χ1) is 16.4. The van der Waals surface area contributed by atoms with E-state index in [1.54, 1.807) is 0 Å². The maximum atomic E-state index is 12.1. The number of rotatable bonds is 8. The quantitative estimate of drug-likeness (QED) is 0.604. The van der Waals surface area contributed by atoms with Crippen molar-refractivity contribution >= 4 is 11.9 Å². The van der Waals surface area contributed by atoms with Gasteiger partial charge in [-0.05, 0) is 12.5 Å². The van der Waals surface area contributed by atoms with Crippen LogP contribution in [0.15, 0.2) is 60.7 Å². The van der Waals surface area contributed by atoms with Crippen LogP contribution in [0.1, 0.15) is 31.3 Å². The number of carboxylic acids is 1. The lowest BCUT2D eigenvalue weighted by Crippen LogP contribution is -2.67. The molecule has 9 heteroatoms. The summed E-state index contributed by atoms with van der Waals surface area (Å²) < 4.78 is 30.3. The molecule has 0 radical (unpaired) electrons. The molecule has 4 rings (SSSR count). The van der Waals surface area contributed by atoms with Crippen LogP contribution >= 0.6 is 0 Å². The van der Waals surface area contributed by atoms with Gasteiger partial charge in [0.25, 0.3) is 0 Å². The van der Waals surface area contributed by atoms with E-state index in [1.165, 1.54) is 13.8 Å². The van der Waals surface area contributed by atoms with Gasteiger partial charge in [0.05, 0.1) is 13.2 Å². The van der Waals surface area contributed by atoms with Gasteiger partial charge in [-0.3, -0.25) is 4.79 Å². The molecule has 0 spiro atoms. The van der Waals surface area contributed by atoms with Gasteiger partial charge < -0.3 is 34.1 Å². The molecular formula is C25H29NO8. The van der Waals surface area contributed by atoms with Crippen LogP contribution in [0.25, 0.3) is 0 Å². The fraction of sp³-hybridized carbons (Fsp3) is 0.440. The van der Waals surface area contributed by atoms with Crippen LogP contribution in [0.2, 0.25) is 0 Å². The SMILES string of the molecule is CC(=O)N[C@H]1[C@@H](OCc2ccccc2)O[C@H]2COC(c3ccccc3)O[C@@H]2[C@@H]1O[C@@H](C)C(=O)O. The lowest BCUT2D eigenvalue weighted by atomic mass is 9.95. The summed E-state index contributed by atoms with van der Waals surface area (Å²) in [7, 11) is 0. The summed E-state index contributed by atoms with van der Waals surface area (Å²) in [4.78, 5) is 23.7. The standard InChI is InChI=1S/C25H29NO8/c1-15(23(28)29)32-22-20(26-16(2)27)25(30-13-17-9-5-3-6-10-17)33-19-14-31-24(34-21(19)22)18-11-7-4-8-12-18/h3-12,15,19-22,24-25H,13-14H2,1-2H3,(H,26,27)(H,28,29)/t15-,19-,20+,21-,22+,24?,25-/m0/s1. The maximum absolute atomic E-state index is 12.1. The molecule has 9 nitrogen and oxygen atoms in total. The van der Waals surface area contributed by atoms with Crippen molar-refractivity contribution in [2.24, 2.45) is 0 Å². The molecule has 2 aromatic rings. The van der Waals surface area contributed by atoms with Crippen LogP contribution in [0.3, 0.4) is 0 Å². The van der Waals surface area contributed by atoms with Crippen LogP contribution in [0, 0.1) is 0 Å². The number of ether oxygens (including phenoxy) is 5. The summed E-state index contributed by atoms with van der Waals surface area (Å²) in [6.45, 7) is 3.22. The Balaban J connectivity index is 1.59. The summed E-state index contributed by atoms with van der Waals surface area (Å²) in [6, 6.07) is 18.1. The second kappa shape index (κ2) is 11.1. The number of carboxylic acid groups (broad SMARTS) is 1. The summed E-state index contributed by atoms with van der Waals surface area (Å²) >= 11 is 0. The third-order valence-corrected chi connectivity index (χ3v) is 5.75. The van der Waals surface area contributed by atoms with Crippen LogP contribution in [0.5, 0.6) is 0 Å². The van der Waals surface area contributed by atoms with E-state index in [0.29, 0.717) is 0 Å². The molecule has 2 heterocycles. The molecule has 182 valence electrons. The molecule has 2 aromatic carbocycles. The van der Waals surface area contributed by atoms with Crippen LogP contribution in [0.4, 0.5) is 0 Å². The molecule has 34 heavy (non-hydrogen) atoms. The zero-order valence-electron chi connectivity index (χ0n) is 19.0. The van der Waals surface area contributed by atoms with Crippen LogP contribution in [-0.4, -0.2) is 60.3 Å². The first kappa shape index (κ1) is 24.3. The molecule has 2 N–H and O–H groups in total. The van der Waals surface area contributed by atoms with E-state index in [0.717, 1.165) is 11.1 Å². The highest BCUT2D eigenvalue weighted by molar-refractivity contribution is 5.73. The molecule has 2 aliphatic rings. The van der Waals surface area contributed by atoms with Gasteiger partial charge in [0.15, 0.2) is 18.7 Å². The molecule has 2 fully saturated rings. The highest BCUT2D eigenvalue weighted by Gasteiger charge is 2.52. The predicted molar refractivity (Wildman–Crippen MR) is 119 cm³/mol. The van der Waals surface area contributed by atoms with Crippen molar-refractivity contribution in [1.29, 1.82) is 0 Å². The molecule has 2 aliphatic heterocycles. The van der Waals surface area contributed by atoms with Gasteiger partial charge in [-0.2, -0.15) is 0 Å². The zero-order valence-corrected chi connectivity index (χ0v) is 19.0. The number of amides is 1. The minimum absolute atomic E-state index is 0.184. The van der Waals surface area contributed by atoms with Gasteiger partial charge in [-0.15, -0.1) is 0 Å². The maximum Gasteiger partial charge on any atom is 0.332 e. The van der Waals surface area contributed by atoms with Gasteiger partial charge >= 0.3 is 5.97 Å². The largest absolute Gasteiger partial charge is 0.479 e. The van der Waals surface area contributed by atoms with Crippen LogP contribution < -0.4 is 5.32 Å². The molecule has 0 saturated carbocycles. The Bertz CT molecular complexity index is 956. The number of hydrogen-bond acceptors (Lipinski definition) is 7. The molecule has 0 aliphatic carbocycles. The molecule has 7 atom stereocenters. The Labute approximate surface area is 197 Å². The van der Waals surface area contributed by atoms with Gasteiger partial charge in [0.1, 0.15) is 24.4 Å². The fourth-order valence-electron chi connectivity index (χ4n) is 4.09. The Morgan fingerprint density at radius 3 is 2.41 bits per heavy atom. The molecule has 1 amide bonds. The lowest BCUT2D eigenvalue weighted by molar-refractivity contribution is -0.351. The second-order valence-corrected chi connectivity index (χ2v) is 8.32. The third-order valence-electron chi connectivity index (χ3n) is 5.75. The monoisotopic (exact) mass is 471 g/mol. The van der Waals surface area contributed by atoms with E-state index >= 15 is 0 Å². The molecule has 1 unspecified atom stereocenters. The molecule has 2 saturated heterocycles. The number of carbonyl (C=O) groups is 2. The summed E-state index contributed by atoms with van der Waals surface area (Å²) in [5.74, 6) is -1.46. The zero-order chi connectivity index (χ0) is 24.1. The minimum atomic E-state index is -1.14. The Morgan fingerprint density at radius 2 is 1.76 bits per heavy atom. The number of aliphatic carboxylic acids is 1. The van der Waals surface area contributed by atoms with Crippen molar-refractivity contribution in [2.75, 3.05) is 6.61 Å². The van der Waals surface area contributed by atoms with Crippen molar-refractivity contribution in [1.82, 2.24) is 5.32 Å². The van der Waals surface area contributed by atoms with Gasteiger partial charge in [-0.1, -0.05) is 60.7 Å². The van der Waals surface area contributed by atoms with Crippen molar-refractivity contribution in [3.8, 4) is 0 Å². The van der Waals surface area contributed by atoms with Gasteiger partial charge in [-0.25, -0.2) is 4.79 Å². The topological polar surface area (TPSA) is 113 Å². The first-order valence-corrected chi connectivity index (χ1v) is 11.2.